The Morgan fingerprint density at radius 3 is 2.50 bits per heavy atom. The Balaban J connectivity index is 2.11. The molecule has 0 aromatic heterocycles. The van der Waals surface area contributed by atoms with Gasteiger partial charge in [0.25, 0.3) is 0 Å². The van der Waals surface area contributed by atoms with Gasteiger partial charge in [-0.15, -0.1) is 0 Å². The van der Waals surface area contributed by atoms with Crippen molar-refractivity contribution in [2.45, 2.75) is 38.2 Å². The largest absolute Gasteiger partial charge is 0.466 e. The summed E-state index contributed by atoms with van der Waals surface area (Å²) in [4.78, 5) is 12.2. The van der Waals surface area contributed by atoms with E-state index < -0.39 is 27.3 Å². The number of hydrogen-bond donors (Lipinski definition) is 3. The Morgan fingerprint density at radius 2 is 1.92 bits per heavy atom. The number of nitrogens with one attached hydrogen (secondary N) is 3. The summed E-state index contributed by atoms with van der Waals surface area (Å²) in [6.07, 6.45) is 0.597. The summed E-state index contributed by atoms with van der Waals surface area (Å²) in [7, 11) is -3.78. The molecule has 1 heterocycles. The van der Waals surface area contributed by atoms with Crippen LogP contribution in [0.15, 0.2) is 24.3 Å². The molecule has 1 aromatic rings. The molecule has 134 valence electrons. The van der Waals surface area contributed by atoms with Gasteiger partial charge in [-0.1, -0.05) is 30.7 Å². The standard InChI is InChI=1S/C15H22ClN3O4S/c1-3-12-13(15(20)23-4-2)14(19-18-12)24(21,22)17-9-10-5-7-11(16)8-6-10/h5-8,12-14,17-19H,3-4,9H2,1-2H3. The molecule has 24 heavy (non-hydrogen) atoms. The molecular formula is C15H22ClN3O4S. The maximum Gasteiger partial charge on any atom is 0.313 e. The Bertz CT molecular complexity index is 666. The third-order valence-electron chi connectivity index (χ3n) is 3.89. The van der Waals surface area contributed by atoms with Gasteiger partial charge < -0.3 is 4.74 Å². The second kappa shape index (κ2) is 8.26. The first-order valence-corrected chi connectivity index (χ1v) is 9.72. The van der Waals surface area contributed by atoms with Gasteiger partial charge in [-0.3, -0.25) is 10.2 Å². The molecule has 2 rings (SSSR count). The molecule has 0 spiro atoms. The van der Waals surface area contributed by atoms with Crippen molar-refractivity contribution in [3.05, 3.63) is 34.9 Å². The number of esters is 1. The smallest absolute Gasteiger partial charge is 0.313 e. The summed E-state index contributed by atoms with van der Waals surface area (Å²) >= 11 is 5.81. The van der Waals surface area contributed by atoms with E-state index in [4.69, 9.17) is 16.3 Å². The number of sulfonamides is 1. The Morgan fingerprint density at radius 1 is 1.25 bits per heavy atom. The first kappa shape index (κ1) is 19.1. The predicted octanol–water partition coefficient (Wildman–Crippen LogP) is 1.15. The molecule has 0 bridgehead atoms. The number of halogens is 1. The zero-order valence-electron chi connectivity index (χ0n) is 13.6. The first-order valence-electron chi connectivity index (χ1n) is 7.79. The lowest BCUT2D eigenvalue weighted by Crippen LogP contribution is -2.47. The zero-order chi connectivity index (χ0) is 17.7. The highest BCUT2D eigenvalue weighted by atomic mass is 35.5. The van der Waals surface area contributed by atoms with Crippen LogP contribution in [0.1, 0.15) is 25.8 Å². The number of carbonyl (C=O) groups is 1. The molecule has 3 atom stereocenters. The van der Waals surface area contributed by atoms with Gasteiger partial charge in [-0.2, -0.15) is 0 Å². The zero-order valence-corrected chi connectivity index (χ0v) is 15.2. The average molecular weight is 376 g/mol. The summed E-state index contributed by atoms with van der Waals surface area (Å²) in [5.41, 5.74) is 6.35. The van der Waals surface area contributed by atoms with Crippen molar-refractivity contribution in [1.82, 2.24) is 15.6 Å². The van der Waals surface area contributed by atoms with Crippen LogP contribution >= 0.6 is 11.6 Å². The highest BCUT2D eigenvalue weighted by Gasteiger charge is 2.47. The van der Waals surface area contributed by atoms with E-state index >= 15 is 0 Å². The number of benzene rings is 1. The minimum atomic E-state index is -3.78. The summed E-state index contributed by atoms with van der Waals surface area (Å²) in [5.74, 6) is -1.33. The fourth-order valence-electron chi connectivity index (χ4n) is 2.61. The third kappa shape index (κ3) is 4.46. The third-order valence-corrected chi connectivity index (χ3v) is 5.77. The maximum atomic E-state index is 12.6. The quantitative estimate of drug-likeness (QED) is 0.619. The van der Waals surface area contributed by atoms with Crippen LogP contribution in [0.2, 0.25) is 5.02 Å². The number of hydrazine groups is 1. The second-order valence-corrected chi connectivity index (χ2v) is 7.82. The van der Waals surface area contributed by atoms with Crippen LogP contribution in [-0.4, -0.2) is 32.4 Å². The van der Waals surface area contributed by atoms with Crippen LogP contribution in [-0.2, 0) is 26.1 Å². The lowest BCUT2D eigenvalue weighted by Gasteiger charge is -2.21. The molecule has 0 aliphatic carbocycles. The van der Waals surface area contributed by atoms with E-state index in [0.29, 0.717) is 11.4 Å². The summed E-state index contributed by atoms with van der Waals surface area (Å²) < 4.78 is 32.8. The molecule has 3 unspecified atom stereocenters. The van der Waals surface area contributed by atoms with Gasteiger partial charge in [0.05, 0.1) is 6.61 Å². The van der Waals surface area contributed by atoms with Crippen molar-refractivity contribution < 1.29 is 17.9 Å². The molecule has 0 amide bonds. The fourth-order valence-corrected chi connectivity index (χ4v) is 4.19. The minimum absolute atomic E-state index is 0.115. The van der Waals surface area contributed by atoms with Crippen molar-refractivity contribution in [3.63, 3.8) is 0 Å². The molecule has 1 fully saturated rings. The van der Waals surface area contributed by atoms with Crippen molar-refractivity contribution in [2.75, 3.05) is 6.61 Å². The van der Waals surface area contributed by atoms with Gasteiger partial charge >= 0.3 is 5.97 Å². The summed E-state index contributed by atoms with van der Waals surface area (Å²) in [5, 5.41) is -0.509. The van der Waals surface area contributed by atoms with Crippen molar-refractivity contribution in [3.8, 4) is 0 Å². The normalized spacial score (nSPS) is 24.0. The van der Waals surface area contributed by atoms with Crippen LogP contribution < -0.4 is 15.6 Å². The lowest BCUT2D eigenvalue weighted by molar-refractivity contribution is -0.148. The molecule has 0 radical (unpaired) electrons. The first-order chi connectivity index (χ1) is 11.4. The Labute approximate surface area is 147 Å². The summed E-state index contributed by atoms with van der Waals surface area (Å²) in [6, 6.07) is 6.55. The molecule has 7 nitrogen and oxygen atoms in total. The van der Waals surface area contributed by atoms with E-state index in [9.17, 15) is 13.2 Å². The van der Waals surface area contributed by atoms with E-state index in [-0.39, 0.29) is 19.2 Å². The average Bonchev–Trinajstić information content (AvgIpc) is 2.99. The van der Waals surface area contributed by atoms with Gasteiger partial charge in [-0.25, -0.2) is 18.6 Å². The molecule has 0 saturated carbocycles. The SMILES string of the molecule is CCOC(=O)C1C(CC)NNC1S(=O)(=O)NCc1ccc(Cl)cc1. The number of hydrogen-bond acceptors (Lipinski definition) is 6. The predicted molar refractivity (Wildman–Crippen MR) is 91.5 cm³/mol. The minimum Gasteiger partial charge on any atom is -0.466 e. The molecule has 1 aromatic carbocycles. The Hall–Kier alpha value is -1.19. The topological polar surface area (TPSA) is 96.5 Å². The molecule has 1 aliphatic heterocycles. The van der Waals surface area contributed by atoms with Crippen LogP contribution in [0.3, 0.4) is 0 Å². The molecule has 3 N–H and O–H groups in total. The molecule has 1 saturated heterocycles. The van der Waals surface area contributed by atoms with Crippen molar-refractivity contribution >= 4 is 27.6 Å². The number of ether oxygens (including phenoxy) is 1. The maximum absolute atomic E-state index is 12.6. The van der Waals surface area contributed by atoms with Gasteiger partial charge in [-0.05, 0) is 31.0 Å². The van der Waals surface area contributed by atoms with Gasteiger partial charge in [0.1, 0.15) is 5.92 Å². The number of rotatable bonds is 7. The van der Waals surface area contributed by atoms with E-state index in [0.717, 1.165) is 5.56 Å². The van der Waals surface area contributed by atoms with Gasteiger partial charge in [0, 0.05) is 17.6 Å². The highest BCUT2D eigenvalue weighted by molar-refractivity contribution is 7.90. The molecule has 9 heteroatoms. The van der Waals surface area contributed by atoms with E-state index in [2.05, 4.69) is 15.6 Å². The van der Waals surface area contributed by atoms with Crippen LogP contribution in [0.4, 0.5) is 0 Å². The van der Waals surface area contributed by atoms with Crippen molar-refractivity contribution in [1.29, 1.82) is 0 Å². The highest BCUT2D eigenvalue weighted by Crippen LogP contribution is 2.23. The monoisotopic (exact) mass is 375 g/mol. The van der Waals surface area contributed by atoms with Gasteiger partial charge in [0.15, 0.2) is 5.37 Å². The molecule has 1 aliphatic rings. The van der Waals surface area contributed by atoms with Gasteiger partial charge in [0.2, 0.25) is 10.0 Å². The van der Waals surface area contributed by atoms with Crippen LogP contribution in [0.25, 0.3) is 0 Å². The second-order valence-electron chi connectivity index (χ2n) is 5.49. The van der Waals surface area contributed by atoms with Crippen molar-refractivity contribution in [2.24, 2.45) is 5.92 Å². The van der Waals surface area contributed by atoms with E-state index in [1.807, 2.05) is 6.92 Å². The molecular weight excluding hydrogens is 354 g/mol. The summed E-state index contributed by atoms with van der Waals surface area (Å²) in [6.45, 7) is 3.89. The number of carbonyl (C=O) groups excluding carboxylic acids is 1. The van der Waals surface area contributed by atoms with Crippen LogP contribution in [0, 0.1) is 5.92 Å². The van der Waals surface area contributed by atoms with Crippen LogP contribution in [0.5, 0.6) is 0 Å². The van der Waals surface area contributed by atoms with E-state index in [1.165, 1.54) is 0 Å². The lowest BCUT2D eigenvalue weighted by atomic mass is 10.00. The Kier molecular flexibility index (Phi) is 6.59. The van der Waals surface area contributed by atoms with E-state index in [1.54, 1.807) is 31.2 Å². The fraction of sp³-hybridized carbons (Fsp3) is 0.533.